The number of carboxylic acids is 1. The number of aliphatic carboxylic acids is 1. The average molecular weight is 238 g/mol. The summed E-state index contributed by atoms with van der Waals surface area (Å²) >= 11 is 0. The Labute approximate surface area is 98.0 Å². The van der Waals surface area contributed by atoms with E-state index in [0.717, 1.165) is 0 Å². The van der Waals surface area contributed by atoms with Gasteiger partial charge in [-0.15, -0.1) is 0 Å². The Morgan fingerprint density at radius 2 is 2.35 bits per heavy atom. The summed E-state index contributed by atoms with van der Waals surface area (Å²) < 4.78 is 5.42. The molecule has 0 fully saturated rings. The van der Waals surface area contributed by atoms with E-state index in [1.54, 1.807) is 18.2 Å². The van der Waals surface area contributed by atoms with Crippen molar-refractivity contribution in [2.24, 2.45) is 0 Å². The van der Waals surface area contributed by atoms with Gasteiger partial charge in [-0.1, -0.05) is 6.07 Å². The number of hydrogen-bond acceptors (Lipinski definition) is 5. The van der Waals surface area contributed by atoms with Gasteiger partial charge in [-0.3, -0.25) is 10.1 Å². The zero-order valence-corrected chi connectivity index (χ0v) is 9.09. The number of carboxylic acid groups (broad SMARTS) is 1. The van der Waals surface area contributed by atoms with Gasteiger partial charge in [0, 0.05) is 17.3 Å². The molecule has 0 bridgehead atoms. The fraction of sp³-hybridized carbons (Fsp3) is 0.364. The van der Waals surface area contributed by atoms with Crippen molar-refractivity contribution < 1.29 is 19.7 Å². The van der Waals surface area contributed by atoms with Crippen LogP contribution in [-0.4, -0.2) is 35.4 Å². The number of rotatable bonds is 3. The van der Waals surface area contributed by atoms with E-state index in [1.165, 1.54) is 0 Å². The second-order valence-electron chi connectivity index (χ2n) is 3.93. The average Bonchev–Trinajstić information content (AvgIpc) is 2.27. The molecule has 0 saturated heterocycles. The third-order valence-electron chi connectivity index (χ3n) is 2.67. The molecule has 0 aromatic heterocycles. The van der Waals surface area contributed by atoms with E-state index in [9.17, 15) is 9.90 Å². The van der Waals surface area contributed by atoms with Crippen LogP contribution >= 0.6 is 0 Å². The molecular formula is C11H14N2O4. The molecule has 1 aliphatic heterocycles. The first-order chi connectivity index (χ1) is 8.08. The van der Waals surface area contributed by atoms with Gasteiger partial charge in [-0.2, -0.15) is 0 Å². The molecule has 6 heteroatoms. The largest absolute Gasteiger partial charge is 0.491 e. The van der Waals surface area contributed by atoms with E-state index in [0.29, 0.717) is 17.0 Å². The maximum absolute atomic E-state index is 10.4. The molecule has 5 N–H and O–H groups in total. The van der Waals surface area contributed by atoms with Crippen LogP contribution in [0.5, 0.6) is 5.75 Å². The summed E-state index contributed by atoms with van der Waals surface area (Å²) in [5.41, 5.74) is 6.79. The summed E-state index contributed by atoms with van der Waals surface area (Å²) in [6.07, 6.45) is -0.793. The van der Waals surface area contributed by atoms with Crippen LogP contribution in [0.15, 0.2) is 18.2 Å². The summed E-state index contributed by atoms with van der Waals surface area (Å²) in [6, 6.07) is 4.57. The van der Waals surface area contributed by atoms with E-state index in [4.69, 9.17) is 15.6 Å². The Bertz CT molecular complexity index is 435. The van der Waals surface area contributed by atoms with E-state index in [2.05, 4.69) is 5.32 Å². The van der Waals surface area contributed by atoms with E-state index in [1.807, 2.05) is 0 Å². The van der Waals surface area contributed by atoms with Crippen LogP contribution in [0, 0.1) is 0 Å². The molecule has 92 valence electrons. The van der Waals surface area contributed by atoms with Gasteiger partial charge in [0.25, 0.3) is 0 Å². The molecule has 1 aromatic carbocycles. The summed E-state index contributed by atoms with van der Waals surface area (Å²) in [6.45, 7) is 0.000290. The molecule has 0 spiro atoms. The fourth-order valence-corrected chi connectivity index (χ4v) is 1.80. The van der Waals surface area contributed by atoms with Gasteiger partial charge in [-0.05, 0) is 6.07 Å². The number of hydrogen-bond donors (Lipinski definition) is 4. The van der Waals surface area contributed by atoms with Crippen molar-refractivity contribution in [1.82, 2.24) is 5.32 Å². The SMILES string of the molecule is Nc1ccc2c(c1)OC[C@@H](NCC(=O)O)[C@H]2O. The number of fused-ring (bicyclic) bond motifs is 1. The maximum atomic E-state index is 10.4. The number of nitrogen functional groups attached to an aromatic ring is 1. The minimum atomic E-state index is -0.972. The molecule has 0 unspecified atom stereocenters. The summed E-state index contributed by atoms with van der Waals surface area (Å²) in [5.74, 6) is -0.425. The number of carbonyl (C=O) groups is 1. The Morgan fingerprint density at radius 3 is 3.06 bits per heavy atom. The molecule has 1 heterocycles. The highest BCUT2D eigenvalue weighted by Crippen LogP contribution is 2.33. The lowest BCUT2D eigenvalue weighted by Gasteiger charge is -2.30. The first kappa shape index (κ1) is 11.7. The lowest BCUT2D eigenvalue weighted by molar-refractivity contribution is -0.136. The zero-order valence-electron chi connectivity index (χ0n) is 9.09. The van der Waals surface area contributed by atoms with Crippen molar-refractivity contribution >= 4 is 11.7 Å². The lowest BCUT2D eigenvalue weighted by Crippen LogP contribution is -2.44. The molecule has 0 amide bonds. The van der Waals surface area contributed by atoms with Gasteiger partial charge >= 0.3 is 5.97 Å². The van der Waals surface area contributed by atoms with Crippen molar-refractivity contribution in [2.75, 3.05) is 18.9 Å². The van der Waals surface area contributed by atoms with Crippen molar-refractivity contribution in [2.45, 2.75) is 12.1 Å². The normalized spacial score (nSPS) is 22.6. The fourth-order valence-electron chi connectivity index (χ4n) is 1.80. The van der Waals surface area contributed by atoms with Gasteiger partial charge in [-0.25, -0.2) is 0 Å². The standard InChI is InChI=1S/C11H14N2O4/c12-6-1-2-7-9(3-6)17-5-8(11(7)16)13-4-10(14)15/h1-3,8,11,13,16H,4-5,12H2,(H,14,15)/t8-,11+/m1/s1. The summed E-state index contributed by atoms with van der Waals surface area (Å²) in [5, 5.41) is 21.3. The zero-order chi connectivity index (χ0) is 12.4. The summed E-state index contributed by atoms with van der Waals surface area (Å²) in [4.78, 5) is 10.4. The molecule has 1 aliphatic rings. The Kier molecular flexibility index (Phi) is 3.16. The van der Waals surface area contributed by atoms with Gasteiger partial charge in [0.2, 0.25) is 0 Å². The first-order valence-electron chi connectivity index (χ1n) is 5.23. The first-order valence-corrected chi connectivity index (χ1v) is 5.23. The monoisotopic (exact) mass is 238 g/mol. The number of benzene rings is 1. The van der Waals surface area contributed by atoms with Crippen LogP contribution in [0.2, 0.25) is 0 Å². The van der Waals surface area contributed by atoms with Crippen LogP contribution in [0.4, 0.5) is 5.69 Å². The topological polar surface area (TPSA) is 105 Å². The highest BCUT2D eigenvalue weighted by Gasteiger charge is 2.29. The molecule has 2 rings (SSSR count). The molecule has 2 atom stereocenters. The van der Waals surface area contributed by atoms with Crippen molar-refractivity contribution in [1.29, 1.82) is 0 Å². The molecule has 17 heavy (non-hydrogen) atoms. The van der Waals surface area contributed by atoms with Crippen LogP contribution in [0.1, 0.15) is 11.7 Å². The number of nitrogens with two attached hydrogens (primary N) is 1. The Hall–Kier alpha value is -1.79. The predicted molar refractivity (Wildman–Crippen MR) is 60.7 cm³/mol. The number of anilines is 1. The van der Waals surface area contributed by atoms with Crippen molar-refractivity contribution in [3.8, 4) is 5.75 Å². The quantitative estimate of drug-likeness (QED) is 0.541. The Morgan fingerprint density at radius 1 is 1.59 bits per heavy atom. The molecular weight excluding hydrogens is 224 g/mol. The predicted octanol–water partition coefficient (Wildman–Crippen LogP) is -0.263. The van der Waals surface area contributed by atoms with Crippen molar-refractivity contribution in [3.63, 3.8) is 0 Å². The van der Waals surface area contributed by atoms with Crippen LogP contribution < -0.4 is 15.8 Å². The maximum Gasteiger partial charge on any atom is 0.317 e. The van der Waals surface area contributed by atoms with Crippen molar-refractivity contribution in [3.05, 3.63) is 23.8 Å². The number of aliphatic hydroxyl groups excluding tert-OH is 1. The molecule has 0 saturated carbocycles. The number of nitrogens with one attached hydrogen (secondary N) is 1. The molecule has 0 aliphatic carbocycles. The third-order valence-corrected chi connectivity index (χ3v) is 2.67. The Balaban J connectivity index is 2.12. The van der Waals surface area contributed by atoms with Crippen LogP contribution in [0.25, 0.3) is 0 Å². The number of ether oxygens (including phenoxy) is 1. The van der Waals surface area contributed by atoms with Gasteiger partial charge < -0.3 is 20.7 Å². The lowest BCUT2D eigenvalue weighted by atomic mass is 9.99. The minimum absolute atomic E-state index is 0.213. The molecule has 0 radical (unpaired) electrons. The number of aliphatic hydroxyl groups is 1. The van der Waals surface area contributed by atoms with E-state index >= 15 is 0 Å². The molecule has 6 nitrogen and oxygen atoms in total. The van der Waals surface area contributed by atoms with Crippen LogP contribution in [0.3, 0.4) is 0 Å². The van der Waals surface area contributed by atoms with Gasteiger partial charge in [0.1, 0.15) is 18.5 Å². The van der Waals surface area contributed by atoms with Gasteiger partial charge in [0.05, 0.1) is 12.6 Å². The second kappa shape index (κ2) is 4.60. The second-order valence-corrected chi connectivity index (χ2v) is 3.93. The van der Waals surface area contributed by atoms with E-state index < -0.39 is 18.1 Å². The minimum Gasteiger partial charge on any atom is -0.491 e. The van der Waals surface area contributed by atoms with Gasteiger partial charge in [0.15, 0.2) is 0 Å². The van der Waals surface area contributed by atoms with Crippen LogP contribution in [-0.2, 0) is 4.79 Å². The highest BCUT2D eigenvalue weighted by atomic mass is 16.5. The van der Waals surface area contributed by atoms with E-state index in [-0.39, 0.29) is 13.2 Å². The summed E-state index contributed by atoms with van der Waals surface area (Å²) in [7, 11) is 0. The highest BCUT2D eigenvalue weighted by molar-refractivity contribution is 5.69. The third kappa shape index (κ3) is 2.48. The molecule has 1 aromatic rings. The smallest absolute Gasteiger partial charge is 0.317 e.